The maximum Gasteiger partial charge on any atom is 0.237 e. The molecule has 3 N–H and O–H groups in total. The van der Waals surface area contributed by atoms with Gasteiger partial charge in [0.25, 0.3) is 0 Å². The molecule has 1 aromatic carbocycles. The molecule has 3 nitrogen and oxygen atoms in total. The number of hydrogen-bond acceptors (Lipinski definition) is 2. The van der Waals surface area contributed by atoms with Gasteiger partial charge in [0.1, 0.15) is 0 Å². The van der Waals surface area contributed by atoms with Gasteiger partial charge >= 0.3 is 0 Å². The van der Waals surface area contributed by atoms with Gasteiger partial charge in [0, 0.05) is 0 Å². The van der Waals surface area contributed by atoms with E-state index in [0.29, 0.717) is 5.92 Å². The second-order valence-corrected chi connectivity index (χ2v) is 5.48. The first kappa shape index (κ1) is 18.9. The normalized spacial score (nSPS) is 13.5. The summed E-state index contributed by atoms with van der Waals surface area (Å²) in [5.74, 6) is 0.280. The van der Waals surface area contributed by atoms with Gasteiger partial charge in [0.2, 0.25) is 5.91 Å². The van der Waals surface area contributed by atoms with Crippen LogP contribution in [0, 0.1) is 12.8 Å². The molecule has 1 rings (SSSR count). The Bertz CT molecular complexity index is 421. The molecule has 0 radical (unpaired) electrons. The van der Waals surface area contributed by atoms with Gasteiger partial charge in [0.15, 0.2) is 0 Å². The zero-order valence-electron chi connectivity index (χ0n) is 12.8. The SMILES string of the molecule is CCCC(N)C(=O)NC(c1ccccc1C)C(C)C.Cl. The Morgan fingerprint density at radius 2 is 1.90 bits per heavy atom. The van der Waals surface area contributed by atoms with Crippen LogP contribution in [0.3, 0.4) is 0 Å². The Labute approximate surface area is 128 Å². The Hall–Kier alpha value is -1.06. The van der Waals surface area contributed by atoms with Crippen LogP contribution in [0.5, 0.6) is 0 Å². The summed E-state index contributed by atoms with van der Waals surface area (Å²) in [6, 6.07) is 7.79. The van der Waals surface area contributed by atoms with Gasteiger partial charge in [-0.05, 0) is 30.4 Å². The zero-order chi connectivity index (χ0) is 14.4. The number of nitrogens with two attached hydrogens (primary N) is 1. The number of aryl methyl sites for hydroxylation is 1. The van der Waals surface area contributed by atoms with Crippen LogP contribution in [-0.2, 0) is 4.79 Å². The first-order valence-corrected chi connectivity index (χ1v) is 7.08. The molecule has 20 heavy (non-hydrogen) atoms. The summed E-state index contributed by atoms with van der Waals surface area (Å²) in [4.78, 5) is 12.1. The lowest BCUT2D eigenvalue weighted by Crippen LogP contribution is -2.43. The van der Waals surface area contributed by atoms with Crippen LogP contribution in [0.1, 0.15) is 50.8 Å². The lowest BCUT2D eigenvalue weighted by atomic mass is 9.92. The van der Waals surface area contributed by atoms with Crippen molar-refractivity contribution in [2.75, 3.05) is 0 Å². The number of rotatable bonds is 6. The van der Waals surface area contributed by atoms with Crippen molar-refractivity contribution in [3.8, 4) is 0 Å². The van der Waals surface area contributed by atoms with E-state index in [9.17, 15) is 4.79 Å². The molecule has 0 fully saturated rings. The molecule has 1 aromatic rings. The van der Waals surface area contributed by atoms with Crippen molar-refractivity contribution >= 4 is 18.3 Å². The van der Waals surface area contributed by atoms with E-state index >= 15 is 0 Å². The van der Waals surface area contributed by atoms with Crippen LogP contribution in [0.2, 0.25) is 0 Å². The summed E-state index contributed by atoms with van der Waals surface area (Å²) < 4.78 is 0. The van der Waals surface area contributed by atoms with Gasteiger partial charge in [0.05, 0.1) is 12.1 Å². The smallest absolute Gasteiger partial charge is 0.237 e. The Morgan fingerprint density at radius 3 is 2.40 bits per heavy atom. The largest absolute Gasteiger partial charge is 0.348 e. The highest BCUT2D eigenvalue weighted by Crippen LogP contribution is 2.24. The summed E-state index contributed by atoms with van der Waals surface area (Å²) in [5, 5.41) is 3.09. The average Bonchev–Trinajstić information content (AvgIpc) is 2.36. The molecule has 114 valence electrons. The standard InChI is InChI=1S/C16H26N2O.ClH/c1-5-8-14(17)16(19)18-15(11(2)3)13-10-7-6-9-12(13)4;/h6-7,9-11,14-15H,5,8,17H2,1-4H3,(H,18,19);1H. The third kappa shape index (κ3) is 5.14. The van der Waals surface area contributed by atoms with Gasteiger partial charge in [-0.2, -0.15) is 0 Å². The van der Waals surface area contributed by atoms with Gasteiger partial charge < -0.3 is 11.1 Å². The molecule has 0 saturated heterocycles. The third-order valence-electron chi connectivity index (χ3n) is 3.42. The summed E-state index contributed by atoms with van der Waals surface area (Å²) >= 11 is 0. The molecule has 4 heteroatoms. The highest BCUT2D eigenvalue weighted by atomic mass is 35.5. The second-order valence-electron chi connectivity index (χ2n) is 5.48. The molecule has 0 bridgehead atoms. The minimum absolute atomic E-state index is 0. The highest BCUT2D eigenvalue weighted by molar-refractivity contribution is 5.85. The van der Waals surface area contributed by atoms with Crippen molar-refractivity contribution in [1.29, 1.82) is 0 Å². The van der Waals surface area contributed by atoms with Crippen LogP contribution in [0.4, 0.5) is 0 Å². The van der Waals surface area contributed by atoms with Gasteiger partial charge in [-0.15, -0.1) is 12.4 Å². The Balaban J connectivity index is 0.00000361. The zero-order valence-corrected chi connectivity index (χ0v) is 13.7. The van der Waals surface area contributed by atoms with Gasteiger partial charge in [-0.1, -0.05) is 51.5 Å². The predicted molar refractivity (Wildman–Crippen MR) is 87.0 cm³/mol. The molecular formula is C16H27ClN2O. The summed E-state index contributed by atoms with van der Waals surface area (Å²) in [6.45, 7) is 8.34. The maximum absolute atomic E-state index is 12.1. The molecule has 0 spiro atoms. The first-order valence-electron chi connectivity index (χ1n) is 7.08. The number of nitrogens with one attached hydrogen (secondary N) is 1. The molecule has 0 aromatic heterocycles. The lowest BCUT2D eigenvalue weighted by molar-refractivity contribution is -0.123. The number of hydrogen-bond donors (Lipinski definition) is 2. The summed E-state index contributed by atoms with van der Waals surface area (Å²) in [6.07, 6.45) is 1.65. The molecule has 0 aliphatic heterocycles. The lowest BCUT2D eigenvalue weighted by Gasteiger charge is -2.26. The topological polar surface area (TPSA) is 55.1 Å². The van der Waals surface area contributed by atoms with Crippen molar-refractivity contribution in [3.05, 3.63) is 35.4 Å². The number of carbonyl (C=O) groups excluding carboxylic acids is 1. The average molecular weight is 299 g/mol. The van der Waals surface area contributed by atoms with Crippen molar-refractivity contribution in [1.82, 2.24) is 5.32 Å². The van der Waals surface area contributed by atoms with Gasteiger partial charge in [-0.25, -0.2) is 0 Å². The maximum atomic E-state index is 12.1. The number of benzene rings is 1. The van der Waals surface area contributed by atoms with Crippen molar-refractivity contribution in [2.24, 2.45) is 11.7 Å². The van der Waals surface area contributed by atoms with E-state index in [-0.39, 0.29) is 24.4 Å². The molecular weight excluding hydrogens is 272 g/mol. The third-order valence-corrected chi connectivity index (χ3v) is 3.42. The van der Waals surface area contributed by atoms with E-state index in [1.54, 1.807) is 0 Å². The van der Waals surface area contributed by atoms with E-state index in [1.165, 1.54) is 11.1 Å². The van der Waals surface area contributed by atoms with Crippen LogP contribution >= 0.6 is 12.4 Å². The second kappa shape index (κ2) is 8.98. The fraction of sp³-hybridized carbons (Fsp3) is 0.562. The minimum Gasteiger partial charge on any atom is -0.348 e. The summed E-state index contributed by atoms with van der Waals surface area (Å²) in [5.41, 5.74) is 8.26. The van der Waals surface area contributed by atoms with Crippen molar-refractivity contribution in [2.45, 2.75) is 52.6 Å². The van der Waals surface area contributed by atoms with E-state index in [2.05, 4.69) is 38.2 Å². The van der Waals surface area contributed by atoms with Crippen LogP contribution in [-0.4, -0.2) is 11.9 Å². The molecule has 2 atom stereocenters. The van der Waals surface area contributed by atoms with Crippen LogP contribution in [0.25, 0.3) is 0 Å². The quantitative estimate of drug-likeness (QED) is 0.846. The number of halogens is 1. The number of amides is 1. The Kier molecular flexibility index (Phi) is 8.51. The molecule has 0 aliphatic carbocycles. The minimum atomic E-state index is -0.407. The van der Waals surface area contributed by atoms with E-state index in [1.807, 2.05) is 19.1 Å². The monoisotopic (exact) mass is 298 g/mol. The van der Waals surface area contributed by atoms with Gasteiger partial charge in [-0.3, -0.25) is 4.79 Å². The molecule has 0 aliphatic rings. The first-order chi connectivity index (χ1) is 8.97. The van der Waals surface area contributed by atoms with E-state index < -0.39 is 6.04 Å². The summed E-state index contributed by atoms with van der Waals surface area (Å²) in [7, 11) is 0. The number of carbonyl (C=O) groups is 1. The highest BCUT2D eigenvalue weighted by Gasteiger charge is 2.22. The van der Waals surface area contributed by atoms with Crippen molar-refractivity contribution in [3.63, 3.8) is 0 Å². The van der Waals surface area contributed by atoms with E-state index in [4.69, 9.17) is 5.73 Å². The predicted octanol–water partition coefficient (Wildman–Crippen LogP) is 3.36. The molecule has 0 heterocycles. The molecule has 1 amide bonds. The van der Waals surface area contributed by atoms with Crippen LogP contribution in [0.15, 0.2) is 24.3 Å². The molecule has 2 unspecified atom stereocenters. The fourth-order valence-corrected chi connectivity index (χ4v) is 2.24. The van der Waals surface area contributed by atoms with Crippen LogP contribution < -0.4 is 11.1 Å². The van der Waals surface area contributed by atoms with Crippen molar-refractivity contribution < 1.29 is 4.79 Å². The fourth-order valence-electron chi connectivity index (χ4n) is 2.24. The molecule has 0 saturated carbocycles. The Morgan fingerprint density at radius 1 is 1.30 bits per heavy atom. The van der Waals surface area contributed by atoms with E-state index in [0.717, 1.165) is 12.8 Å².